The lowest BCUT2D eigenvalue weighted by atomic mass is 9.48. The van der Waals surface area contributed by atoms with Crippen LogP contribution in [0.4, 0.5) is 10.1 Å². The van der Waals surface area contributed by atoms with Gasteiger partial charge in [-0.2, -0.15) is 0 Å². The van der Waals surface area contributed by atoms with Crippen LogP contribution in [-0.2, 0) is 9.59 Å². The molecule has 1 saturated heterocycles. The SMILES string of the molecule is CC#C[C@]1(C(=O)CC)CC[C@H]2[C@@H]3CC(F)C4=CC(=O)CCC4=C3C(c3ccc(N4CCCCC4)cc3)C[C@@]21C. The average molecular weight is 528 g/mol. The number of nitrogens with zero attached hydrogens (tertiary/aromatic N) is 1. The highest BCUT2D eigenvalue weighted by Crippen LogP contribution is 2.70. The molecule has 2 saturated carbocycles. The second-order valence-electron chi connectivity index (χ2n) is 12.8. The monoisotopic (exact) mass is 527 g/mol. The topological polar surface area (TPSA) is 37.4 Å². The van der Waals surface area contributed by atoms with Gasteiger partial charge in [-0.3, -0.25) is 9.59 Å². The molecule has 0 amide bonds. The number of piperidine rings is 1. The zero-order chi connectivity index (χ0) is 27.4. The van der Waals surface area contributed by atoms with E-state index in [-0.39, 0.29) is 34.7 Å². The molecule has 2 unspecified atom stereocenters. The van der Waals surface area contributed by atoms with Crippen LogP contribution in [0.5, 0.6) is 0 Å². The van der Waals surface area contributed by atoms with Crippen molar-refractivity contribution in [2.75, 3.05) is 18.0 Å². The van der Waals surface area contributed by atoms with Gasteiger partial charge in [-0.15, -0.1) is 5.92 Å². The van der Waals surface area contributed by atoms with Gasteiger partial charge in [-0.25, -0.2) is 4.39 Å². The molecule has 39 heavy (non-hydrogen) atoms. The predicted octanol–water partition coefficient (Wildman–Crippen LogP) is 7.51. The van der Waals surface area contributed by atoms with Crippen LogP contribution in [0.25, 0.3) is 0 Å². The normalized spacial score (nSPS) is 35.8. The number of rotatable bonds is 4. The first-order valence-electron chi connectivity index (χ1n) is 15.3. The fraction of sp³-hybridized carbons (Fsp3) is 0.600. The molecule has 6 rings (SSSR count). The molecular weight excluding hydrogens is 485 g/mol. The number of allylic oxidation sites excluding steroid dienone is 4. The van der Waals surface area contributed by atoms with Gasteiger partial charge in [-0.05, 0) is 110 Å². The highest BCUT2D eigenvalue weighted by Gasteiger charge is 2.65. The maximum Gasteiger partial charge on any atom is 0.156 e. The standard InChI is InChI=1S/C35H42FNO2/c1-4-16-35(32(39)5-2)17-15-30-28-21-31(36)27-20-25(38)13-14-26(27)33(28)29(22-34(30,35)3)23-9-11-24(12-10-23)37-18-7-6-8-19-37/h9-12,20,28-31H,5-8,13-15,17-19,21-22H2,1-3H3/t28-,29?,30-,31?,34-,35+/m0/s1. The van der Waals surface area contributed by atoms with Crippen molar-refractivity contribution in [3.8, 4) is 11.8 Å². The van der Waals surface area contributed by atoms with E-state index in [1.165, 1.54) is 36.1 Å². The van der Waals surface area contributed by atoms with E-state index in [4.69, 9.17) is 0 Å². The van der Waals surface area contributed by atoms with Gasteiger partial charge in [0.2, 0.25) is 0 Å². The van der Waals surface area contributed by atoms with Gasteiger partial charge in [0.1, 0.15) is 6.17 Å². The minimum absolute atomic E-state index is 0.0465. The predicted molar refractivity (Wildman–Crippen MR) is 154 cm³/mol. The summed E-state index contributed by atoms with van der Waals surface area (Å²) in [5, 5.41) is 0. The van der Waals surface area contributed by atoms with E-state index in [2.05, 4.69) is 47.9 Å². The Hall–Kier alpha value is -2.67. The van der Waals surface area contributed by atoms with Gasteiger partial charge in [0.05, 0.1) is 5.41 Å². The molecule has 4 heteroatoms. The van der Waals surface area contributed by atoms with Gasteiger partial charge in [0.15, 0.2) is 11.6 Å². The Morgan fingerprint density at radius 1 is 1.13 bits per heavy atom. The van der Waals surface area contributed by atoms with Crippen molar-refractivity contribution >= 4 is 17.3 Å². The van der Waals surface area contributed by atoms with Crippen molar-refractivity contribution in [1.82, 2.24) is 0 Å². The van der Waals surface area contributed by atoms with E-state index in [0.29, 0.717) is 31.3 Å². The van der Waals surface area contributed by atoms with Gasteiger partial charge in [0.25, 0.3) is 0 Å². The van der Waals surface area contributed by atoms with Crippen LogP contribution in [0.15, 0.2) is 47.1 Å². The summed E-state index contributed by atoms with van der Waals surface area (Å²) in [6.45, 7) is 8.32. The third kappa shape index (κ3) is 4.06. The van der Waals surface area contributed by atoms with Crippen LogP contribution in [0.2, 0.25) is 0 Å². The van der Waals surface area contributed by atoms with E-state index in [9.17, 15) is 9.59 Å². The Morgan fingerprint density at radius 2 is 1.87 bits per heavy atom. The molecule has 1 aliphatic heterocycles. The van der Waals surface area contributed by atoms with Crippen molar-refractivity contribution in [2.45, 2.75) is 97.1 Å². The average Bonchev–Trinajstić information content (AvgIpc) is 3.26. The maximum atomic E-state index is 15.8. The number of fused-ring (bicyclic) bond motifs is 4. The number of hydrogen-bond donors (Lipinski definition) is 0. The van der Waals surface area contributed by atoms with E-state index >= 15 is 4.39 Å². The number of hydrogen-bond acceptors (Lipinski definition) is 3. The van der Waals surface area contributed by atoms with Gasteiger partial charge < -0.3 is 4.90 Å². The number of alkyl halides is 1. The summed E-state index contributed by atoms with van der Waals surface area (Å²) in [7, 11) is 0. The Balaban J connectivity index is 1.49. The summed E-state index contributed by atoms with van der Waals surface area (Å²) in [5.74, 6) is 7.31. The Morgan fingerprint density at radius 3 is 2.56 bits per heavy atom. The van der Waals surface area contributed by atoms with Gasteiger partial charge in [0, 0.05) is 37.5 Å². The molecule has 3 nitrogen and oxygen atoms in total. The molecule has 6 atom stereocenters. The van der Waals surface area contributed by atoms with Crippen LogP contribution in [0.3, 0.4) is 0 Å². The molecule has 0 aromatic heterocycles. The Kier molecular flexibility index (Phi) is 6.85. The fourth-order valence-corrected chi connectivity index (χ4v) is 9.28. The highest BCUT2D eigenvalue weighted by molar-refractivity contribution is 5.93. The smallest absolute Gasteiger partial charge is 0.156 e. The molecule has 206 valence electrons. The first kappa shape index (κ1) is 26.5. The third-order valence-corrected chi connectivity index (χ3v) is 11.1. The van der Waals surface area contributed by atoms with E-state index in [1.54, 1.807) is 6.08 Å². The number of benzene rings is 1. The number of anilines is 1. The minimum Gasteiger partial charge on any atom is -0.372 e. The first-order valence-corrected chi connectivity index (χ1v) is 15.3. The van der Waals surface area contributed by atoms with Crippen molar-refractivity contribution in [1.29, 1.82) is 0 Å². The lowest BCUT2D eigenvalue weighted by Gasteiger charge is -2.55. The molecular formula is C35H42FNO2. The van der Waals surface area contributed by atoms with Crippen LogP contribution in [-0.4, -0.2) is 30.8 Å². The first-order chi connectivity index (χ1) is 18.8. The number of halogens is 1. The molecule has 3 fully saturated rings. The summed E-state index contributed by atoms with van der Waals surface area (Å²) < 4.78 is 15.8. The lowest BCUT2D eigenvalue weighted by Crippen LogP contribution is -2.51. The number of carbonyl (C=O) groups is 2. The molecule has 0 bridgehead atoms. The summed E-state index contributed by atoms with van der Waals surface area (Å²) in [5.41, 5.74) is 4.64. The summed E-state index contributed by atoms with van der Waals surface area (Å²) in [6.07, 6.45) is 8.77. The minimum atomic E-state index is -1.11. The summed E-state index contributed by atoms with van der Waals surface area (Å²) in [4.78, 5) is 28.5. The second kappa shape index (κ2) is 10.1. The van der Waals surface area contributed by atoms with Gasteiger partial charge >= 0.3 is 0 Å². The number of ketones is 2. The Bertz CT molecular complexity index is 1290. The zero-order valence-corrected chi connectivity index (χ0v) is 23.8. The summed E-state index contributed by atoms with van der Waals surface area (Å²) in [6, 6.07) is 9.10. The second-order valence-corrected chi connectivity index (χ2v) is 12.8. The fourth-order valence-electron chi connectivity index (χ4n) is 9.28. The van der Waals surface area contributed by atoms with Crippen LogP contribution in [0.1, 0.15) is 96.5 Å². The molecule has 0 N–H and O–H groups in total. The van der Waals surface area contributed by atoms with Crippen molar-refractivity contribution in [3.63, 3.8) is 0 Å². The molecule has 1 aromatic carbocycles. The Labute approximate surface area is 233 Å². The maximum absolute atomic E-state index is 15.8. The highest BCUT2D eigenvalue weighted by atomic mass is 19.1. The molecule has 1 heterocycles. The molecule has 0 radical (unpaired) electrons. The van der Waals surface area contributed by atoms with Crippen LogP contribution < -0.4 is 4.90 Å². The van der Waals surface area contributed by atoms with Crippen LogP contribution >= 0.6 is 0 Å². The van der Waals surface area contributed by atoms with Crippen molar-refractivity contribution in [3.05, 3.63) is 52.6 Å². The number of carbonyl (C=O) groups excluding carboxylic acids is 2. The van der Waals surface area contributed by atoms with Crippen molar-refractivity contribution < 1.29 is 14.0 Å². The largest absolute Gasteiger partial charge is 0.372 e. The van der Waals surface area contributed by atoms with Crippen LogP contribution in [0, 0.1) is 34.5 Å². The van der Waals surface area contributed by atoms with E-state index in [0.717, 1.165) is 37.9 Å². The van der Waals surface area contributed by atoms with Gasteiger partial charge in [-0.1, -0.05) is 37.5 Å². The molecule has 5 aliphatic rings. The van der Waals surface area contributed by atoms with E-state index in [1.807, 2.05) is 13.8 Å². The van der Waals surface area contributed by atoms with E-state index < -0.39 is 11.6 Å². The zero-order valence-electron chi connectivity index (χ0n) is 23.8. The third-order valence-electron chi connectivity index (χ3n) is 11.1. The number of Topliss-reactive ketones (excluding diaryl/α,β-unsaturated/α-hetero) is 1. The summed E-state index contributed by atoms with van der Waals surface area (Å²) >= 11 is 0. The lowest BCUT2D eigenvalue weighted by molar-refractivity contribution is -0.132. The van der Waals surface area contributed by atoms with Crippen molar-refractivity contribution in [2.24, 2.45) is 22.7 Å². The quantitative estimate of drug-likeness (QED) is 0.380. The molecule has 4 aliphatic carbocycles. The molecule has 1 aromatic rings. The molecule has 0 spiro atoms.